The third kappa shape index (κ3) is 4.95. The van der Waals surface area contributed by atoms with Crippen LogP contribution in [0, 0.1) is 0 Å². The van der Waals surface area contributed by atoms with Crippen molar-refractivity contribution in [2.45, 2.75) is 38.7 Å². The highest BCUT2D eigenvalue weighted by molar-refractivity contribution is 5.32. The number of aliphatic hydroxyl groups is 1. The summed E-state index contributed by atoms with van der Waals surface area (Å²) in [7, 11) is 1.65. The lowest BCUT2D eigenvalue weighted by Crippen LogP contribution is -2.50. The molecule has 1 saturated heterocycles. The zero-order valence-electron chi connectivity index (χ0n) is 13.7. The van der Waals surface area contributed by atoms with Gasteiger partial charge in [0.05, 0.1) is 39.1 Å². The molecule has 3 atom stereocenters. The minimum Gasteiger partial charge on any atom is -0.496 e. The summed E-state index contributed by atoms with van der Waals surface area (Å²) >= 11 is 0. The topological polar surface area (TPSA) is 51.2 Å². The summed E-state index contributed by atoms with van der Waals surface area (Å²) in [6.07, 6.45) is -0.277. The standard InChI is InChI=1S/C17H27NO4/c1-13-10-22-14(2)8-18(13)9-16(19)12-21-11-15-6-4-5-7-17(15)20-3/h4-7,13-14,16,19H,8-12H2,1-3H3. The molecule has 1 fully saturated rings. The molecular weight excluding hydrogens is 282 g/mol. The summed E-state index contributed by atoms with van der Waals surface area (Å²) in [6.45, 7) is 7.12. The van der Waals surface area contributed by atoms with Gasteiger partial charge in [-0.3, -0.25) is 4.90 Å². The van der Waals surface area contributed by atoms with Gasteiger partial charge in [0.2, 0.25) is 0 Å². The molecule has 1 aromatic carbocycles. The maximum atomic E-state index is 10.2. The van der Waals surface area contributed by atoms with E-state index in [2.05, 4.69) is 18.7 Å². The molecule has 0 aromatic heterocycles. The lowest BCUT2D eigenvalue weighted by atomic mass is 10.2. The molecule has 0 amide bonds. The molecule has 124 valence electrons. The largest absolute Gasteiger partial charge is 0.496 e. The van der Waals surface area contributed by atoms with Gasteiger partial charge < -0.3 is 19.3 Å². The molecule has 1 aliphatic heterocycles. The number of nitrogens with zero attached hydrogens (tertiary/aromatic N) is 1. The van der Waals surface area contributed by atoms with Crippen molar-refractivity contribution in [1.82, 2.24) is 4.90 Å². The number of ether oxygens (including phenoxy) is 3. The van der Waals surface area contributed by atoms with Crippen molar-refractivity contribution in [2.75, 3.05) is 33.4 Å². The van der Waals surface area contributed by atoms with E-state index in [1.165, 1.54) is 0 Å². The van der Waals surface area contributed by atoms with Gasteiger partial charge in [-0.25, -0.2) is 0 Å². The summed E-state index contributed by atoms with van der Waals surface area (Å²) in [6, 6.07) is 8.09. The molecule has 1 aromatic rings. The number of rotatable bonds is 7. The van der Waals surface area contributed by atoms with Crippen LogP contribution in [0.4, 0.5) is 0 Å². The van der Waals surface area contributed by atoms with E-state index >= 15 is 0 Å². The van der Waals surface area contributed by atoms with Crippen LogP contribution >= 0.6 is 0 Å². The Kier molecular flexibility index (Phi) is 6.64. The number of aliphatic hydroxyl groups excluding tert-OH is 1. The van der Waals surface area contributed by atoms with Gasteiger partial charge in [0, 0.05) is 24.7 Å². The lowest BCUT2D eigenvalue weighted by Gasteiger charge is -2.37. The van der Waals surface area contributed by atoms with Crippen molar-refractivity contribution in [3.05, 3.63) is 29.8 Å². The average molecular weight is 309 g/mol. The number of β-amino-alcohol motifs (C(OH)–C–C–N with tert-alkyl or cyclic N) is 1. The van der Waals surface area contributed by atoms with Gasteiger partial charge in [-0.2, -0.15) is 0 Å². The van der Waals surface area contributed by atoms with Crippen LogP contribution in [0.2, 0.25) is 0 Å². The summed E-state index contributed by atoms with van der Waals surface area (Å²) in [4.78, 5) is 2.26. The first kappa shape index (κ1) is 17.2. The first-order valence-corrected chi connectivity index (χ1v) is 7.83. The zero-order valence-corrected chi connectivity index (χ0v) is 13.7. The van der Waals surface area contributed by atoms with Crippen LogP contribution in [0.3, 0.4) is 0 Å². The van der Waals surface area contributed by atoms with E-state index in [-0.39, 0.29) is 6.10 Å². The van der Waals surface area contributed by atoms with Gasteiger partial charge in [-0.05, 0) is 19.9 Å². The van der Waals surface area contributed by atoms with Crippen molar-refractivity contribution >= 4 is 0 Å². The molecule has 0 spiro atoms. The third-order valence-electron chi connectivity index (χ3n) is 3.94. The Hall–Kier alpha value is -1.14. The second-order valence-corrected chi connectivity index (χ2v) is 5.93. The quantitative estimate of drug-likeness (QED) is 0.830. The van der Waals surface area contributed by atoms with Gasteiger partial charge in [0.15, 0.2) is 0 Å². The number of hydrogen-bond donors (Lipinski definition) is 1. The van der Waals surface area contributed by atoms with Crippen LogP contribution in [0.25, 0.3) is 0 Å². The molecule has 0 bridgehead atoms. The molecule has 0 radical (unpaired) electrons. The fourth-order valence-electron chi connectivity index (χ4n) is 2.68. The van der Waals surface area contributed by atoms with Crippen LogP contribution < -0.4 is 4.74 Å². The van der Waals surface area contributed by atoms with Gasteiger partial charge >= 0.3 is 0 Å². The van der Waals surface area contributed by atoms with Crippen LogP contribution in [0.15, 0.2) is 24.3 Å². The number of benzene rings is 1. The smallest absolute Gasteiger partial charge is 0.124 e. The normalized spacial score (nSPS) is 24.2. The zero-order chi connectivity index (χ0) is 15.9. The Bertz CT molecular complexity index is 454. The minimum absolute atomic E-state index is 0.220. The van der Waals surface area contributed by atoms with Crippen molar-refractivity contribution < 1.29 is 19.3 Å². The predicted octanol–water partition coefficient (Wildman–Crippen LogP) is 1.68. The van der Waals surface area contributed by atoms with Crippen molar-refractivity contribution in [2.24, 2.45) is 0 Å². The van der Waals surface area contributed by atoms with E-state index in [0.29, 0.717) is 25.8 Å². The Balaban J connectivity index is 1.74. The van der Waals surface area contributed by atoms with E-state index in [0.717, 1.165) is 24.5 Å². The summed E-state index contributed by atoms with van der Waals surface area (Å²) < 4.78 is 16.5. The van der Waals surface area contributed by atoms with Gasteiger partial charge in [-0.15, -0.1) is 0 Å². The highest BCUT2D eigenvalue weighted by atomic mass is 16.5. The molecule has 0 aliphatic carbocycles. The number of methoxy groups -OCH3 is 1. The van der Waals surface area contributed by atoms with Crippen molar-refractivity contribution in [1.29, 1.82) is 0 Å². The van der Waals surface area contributed by atoms with Gasteiger partial charge in [0.25, 0.3) is 0 Å². The molecule has 1 aliphatic rings. The maximum absolute atomic E-state index is 10.2. The van der Waals surface area contributed by atoms with E-state index in [1.807, 2.05) is 24.3 Å². The van der Waals surface area contributed by atoms with E-state index in [4.69, 9.17) is 14.2 Å². The summed E-state index contributed by atoms with van der Waals surface area (Å²) in [5, 5.41) is 10.2. The van der Waals surface area contributed by atoms with Crippen LogP contribution in [0.1, 0.15) is 19.4 Å². The second-order valence-electron chi connectivity index (χ2n) is 5.93. The molecule has 0 saturated carbocycles. The van der Waals surface area contributed by atoms with E-state index in [9.17, 15) is 5.11 Å². The van der Waals surface area contributed by atoms with Crippen LogP contribution in [0.5, 0.6) is 5.75 Å². The average Bonchev–Trinajstić information content (AvgIpc) is 2.51. The van der Waals surface area contributed by atoms with Gasteiger partial charge in [-0.1, -0.05) is 18.2 Å². The molecule has 22 heavy (non-hydrogen) atoms. The lowest BCUT2D eigenvalue weighted by molar-refractivity contribution is -0.0712. The molecule has 1 N–H and O–H groups in total. The number of morpholine rings is 1. The summed E-state index contributed by atoms with van der Waals surface area (Å²) in [5.74, 6) is 0.813. The SMILES string of the molecule is COc1ccccc1COCC(O)CN1CC(C)OCC1C. The van der Waals surface area contributed by atoms with E-state index in [1.54, 1.807) is 7.11 Å². The molecular formula is C17H27NO4. The van der Waals surface area contributed by atoms with Crippen LogP contribution in [-0.4, -0.2) is 61.7 Å². The molecule has 2 rings (SSSR count). The summed E-state index contributed by atoms with van der Waals surface area (Å²) in [5.41, 5.74) is 0.991. The maximum Gasteiger partial charge on any atom is 0.124 e. The monoisotopic (exact) mass is 309 g/mol. The molecule has 3 unspecified atom stereocenters. The van der Waals surface area contributed by atoms with E-state index < -0.39 is 6.10 Å². The number of para-hydroxylation sites is 1. The van der Waals surface area contributed by atoms with Crippen molar-refractivity contribution in [3.8, 4) is 5.75 Å². The highest BCUT2D eigenvalue weighted by Gasteiger charge is 2.25. The third-order valence-corrected chi connectivity index (χ3v) is 3.94. The first-order valence-electron chi connectivity index (χ1n) is 7.83. The Morgan fingerprint density at radius 1 is 1.36 bits per heavy atom. The fraction of sp³-hybridized carbons (Fsp3) is 0.647. The molecule has 5 heteroatoms. The second kappa shape index (κ2) is 8.48. The Morgan fingerprint density at radius 2 is 2.14 bits per heavy atom. The molecule has 5 nitrogen and oxygen atoms in total. The minimum atomic E-state index is -0.498. The van der Waals surface area contributed by atoms with Crippen LogP contribution in [-0.2, 0) is 16.1 Å². The fourth-order valence-corrected chi connectivity index (χ4v) is 2.68. The molecule has 1 heterocycles. The Morgan fingerprint density at radius 3 is 2.91 bits per heavy atom. The predicted molar refractivity (Wildman–Crippen MR) is 85.1 cm³/mol. The van der Waals surface area contributed by atoms with Crippen molar-refractivity contribution in [3.63, 3.8) is 0 Å². The highest BCUT2D eigenvalue weighted by Crippen LogP contribution is 2.18. The number of hydrogen-bond acceptors (Lipinski definition) is 5. The first-order chi connectivity index (χ1) is 10.6. The van der Waals surface area contributed by atoms with Gasteiger partial charge in [0.1, 0.15) is 5.75 Å². The Labute approximate surface area is 132 Å².